The number of benzene rings is 1. The average molecular weight is 355 g/mol. The number of hydrogen-bond acceptors (Lipinski definition) is 6. The smallest absolute Gasteiger partial charge is 0.257 e. The maximum Gasteiger partial charge on any atom is 0.257 e. The molecule has 6 nitrogen and oxygen atoms in total. The molecular weight excluding hydrogens is 336 g/mol. The van der Waals surface area contributed by atoms with E-state index in [2.05, 4.69) is 27.7 Å². The lowest BCUT2D eigenvalue weighted by atomic mass is 10.2. The van der Waals surface area contributed by atoms with Crippen molar-refractivity contribution < 1.29 is 9.32 Å². The Hall–Kier alpha value is -1.57. The third kappa shape index (κ3) is 3.85. The zero-order valence-electron chi connectivity index (χ0n) is 13.1. The molecule has 23 heavy (non-hydrogen) atoms. The number of anilines is 1. The molecule has 2 aromatic rings. The van der Waals surface area contributed by atoms with Crippen LogP contribution in [0.4, 0.5) is 5.69 Å². The molecule has 1 aliphatic rings. The average Bonchev–Trinajstić information content (AvgIpc) is 2.96. The van der Waals surface area contributed by atoms with Crippen LogP contribution < -0.4 is 10.6 Å². The molecule has 0 aliphatic carbocycles. The molecule has 2 heterocycles. The van der Waals surface area contributed by atoms with E-state index in [0.717, 1.165) is 16.1 Å². The van der Waals surface area contributed by atoms with Gasteiger partial charge in [-0.1, -0.05) is 5.16 Å². The molecule has 0 radical (unpaired) electrons. The predicted molar refractivity (Wildman–Crippen MR) is 93.2 cm³/mol. The first-order chi connectivity index (χ1) is 10.6. The van der Waals surface area contributed by atoms with Crippen LogP contribution in [0.25, 0.3) is 11.5 Å². The minimum absolute atomic E-state index is 0. The Morgan fingerprint density at radius 3 is 3.00 bits per heavy atom. The Labute approximate surface area is 145 Å². The van der Waals surface area contributed by atoms with Crippen molar-refractivity contribution in [2.45, 2.75) is 36.5 Å². The summed E-state index contributed by atoms with van der Waals surface area (Å²) in [4.78, 5) is 17.2. The van der Waals surface area contributed by atoms with E-state index in [4.69, 9.17) is 4.52 Å². The molecule has 0 spiro atoms. The second-order valence-electron chi connectivity index (χ2n) is 5.37. The summed E-state index contributed by atoms with van der Waals surface area (Å²) in [6.07, 6.45) is 0.703. The normalized spacial score (nSPS) is 17.9. The first-order valence-electron chi connectivity index (χ1n) is 7.18. The van der Waals surface area contributed by atoms with Crippen molar-refractivity contribution in [2.24, 2.45) is 0 Å². The number of nitrogens with one attached hydrogen (secondary N) is 2. The van der Waals surface area contributed by atoms with E-state index in [1.54, 1.807) is 11.8 Å². The Kier molecular flexibility index (Phi) is 5.67. The molecule has 3 rings (SSSR count). The number of aromatic nitrogens is 2. The molecule has 0 saturated heterocycles. The molecule has 1 aromatic carbocycles. The molecule has 1 aromatic heterocycles. The second kappa shape index (κ2) is 7.33. The van der Waals surface area contributed by atoms with Crippen LogP contribution in [-0.4, -0.2) is 34.4 Å². The van der Waals surface area contributed by atoms with Crippen molar-refractivity contribution in [3.05, 3.63) is 24.0 Å². The van der Waals surface area contributed by atoms with Crippen LogP contribution in [0.2, 0.25) is 0 Å². The molecule has 0 saturated carbocycles. The van der Waals surface area contributed by atoms with Gasteiger partial charge in [0.25, 0.3) is 5.89 Å². The molecule has 2 unspecified atom stereocenters. The summed E-state index contributed by atoms with van der Waals surface area (Å²) in [5.74, 6) is 1.16. The van der Waals surface area contributed by atoms with Gasteiger partial charge in [-0.3, -0.25) is 4.79 Å². The minimum atomic E-state index is -0.0728. The molecule has 0 fully saturated rings. The number of fused-ring (bicyclic) bond motifs is 1. The fourth-order valence-electron chi connectivity index (χ4n) is 2.17. The molecule has 0 bridgehead atoms. The molecule has 2 N–H and O–H groups in total. The van der Waals surface area contributed by atoms with Gasteiger partial charge in [0.05, 0.1) is 10.9 Å². The third-order valence-corrected chi connectivity index (χ3v) is 4.78. The highest BCUT2D eigenvalue weighted by Gasteiger charge is 2.23. The van der Waals surface area contributed by atoms with Gasteiger partial charge in [0, 0.05) is 22.9 Å². The highest BCUT2D eigenvalue weighted by Crippen LogP contribution is 2.37. The van der Waals surface area contributed by atoms with E-state index in [1.165, 1.54) is 0 Å². The van der Waals surface area contributed by atoms with Crippen molar-refractivity contribution in [1.29, 1.82) is 0 Å². The number of amides is 1. The zero-order chi connectivity index (χ0) is 15.7. The van der Waals surface area contributed by atoms with Crippen molar-refractivity contribution in [2.75, 3.05) is 12.4 Å². The van der Waals surface area contributed by atoms with Gasteiger partial charge in [0.15, 0.2) is 5.82 Å². The van der Waals surface area contributed by atoms with Gasteiger partial charge in [0.2, 0.25) is 5.91 Å². The fourth-order valence-corrected chi connectivity index (χ4v) is 3.10. The van der Waals surface area contributed by atoms with Gasteiger partial charge in [0.1, 0.15) is 0 Å². The van der Waals surface area contributed by atoms with E-state index in [1.807, 2.05) is 32.2 Å². The van der Waals surface area contributed by atoms with Gasteiger partial charge in [-0.15, -0.1) is 24.2 Å². The highest BCUT2D eigenvalue weighted by atomic mass is 35.5. The van der Waals surface area contributed by atoms with E-state index in [9.17, 15) is 4.79 Å². The number of carbonyl (C=O) groups is 1. The van der Waals surface area contributed by atoms with Crippen LogP contribution in [0.5, 0.6) is 0 Å². The van der Waals surface area contributed by atoms with Crippen LogP contribution in [0.1, 0.15) is 19.7 Å². The van der Waals surface area contributed by atoms with Gasteiger partial charge >= 0.3 is 0 Å². The standard InChI is InChI=1S/C15H18N4O2S.ClH/c1-8(16-3)6-13-18-15(21-19-13)10-4-5-12-11(7-10)17-14(20)9(2)22-12;/h4-5,7-9,16H,6H2,1-3H3,(H,17,20);1H. The maximum absolute atomic E-state index is 11.8. The molecular formula is C15H19ClN4O2S. The number of halogens is 1. The largest absolute Gasteiger partial charge is 0.334 e. The molecule has 8 heteroatoms. The third-order valence-electron chi connectivity index (χ3n) is 3.61. The fraction of sp³-hybridized carbons (Fsp3) is 0.400. The first kappa shape index (κ1) is 17.8. The van der Waals surface area contributed by atoms with Crippen molar-refractivity contribution in [1.82, 2.24) is 15.5 Å². The molecule has 124 valence electrons. The maximum atomic E-state index is 11.8. The lowest BCUT2D eigenvalue weighted by Gasteiger charge is -2.21. The quantitative estimate of drug-likeness (QED) is 0.878. The monoisotopic (exact) mass is 354 g/mol. The summed E-state index contributed by atoms with van der Waals surface area (Å²) in [5.41, 5.74) is 1.61. The van der Waals surface area contributed by atoms with E-state index in [-0.39, 0.29) is 29.6 Å². The minimum Gasteiger partial charge on any atom is -0.334 e. The van der Waals surface area contributed by atoms with Gasteiger partial charge < -0.3 is 15.2 Å². The van der Waals surface area contributed by atoms with Crippen molar-refractivity contribution in [3.8, 4) is 11.5 Å². The van der Waals surface area contributed by atoms with E-state index in [0.29, 0.717) is 18.1 Å². The van der Waals surface area contributed by atoms with E-state index >= 15 is 0 Å². The highest BCUT2D eigenvalue weighted by molar-refractivity contribution is 8.00. The predicted octanol–water partition coefficient (Wildman–Crippen LogP) is 2.74. The summed E-state index contributed by atoms with van der Waals surface area (Å²) in [7, 11) is 1.90. The van der Waals surface area contributed by atoms with Gasteiger partial charge in [-0.25, -0.2) is 0 Å². The SMILES string of the molecule is CNC(C)Cc1noc(-c2ccc3c(c2)NC(=O)C(C)S3)n1.Cl. The van der Waals surface area contributed by atoms with Crippen molar-refractivity contribution in [3.63, 3.8) is 0 Å². The van der Waals surface area contributed by atoms with Crippen LogP contribution in [0, 0.1) is 0 Å². The summed E-state index contributed by atoms with van der Waals surface area (Å²) in [5, 5.41) is 9.98. The Bertz CT molecular complexity index is 707. The molecule has 2 atom stereocenters. The summed E-state index contributed by atoms with van der Waals surface area (Å²) in [6.45, 7) is 3.95. The lowest BCUT2D eigenvalue weighted by molar-refractivity contribution is -0.115. The number of rotatable bonds is 4. The van der Waals surface area contributed by atoms with Gasteiger partial charge in [-0.2, -0.15) is 4.98 Å². The number of likely N-dealkylation sites (N-methyl/N-ethyl adjacent to an activating group) is 1. The summed E-state index contributed by atoms with van der Waals surface area (Å²) >= 11 is 1.55. The molecule has 1 aliphatic heterocycles. The van der Waals surface area contributed by atoms with Gasteiger partial charge in [-0.05, 0) is 39.1 Å². The summed E-state index contributed by atoms with van der Waals surface area (Å²) < 4.78 is 5.33. The van der Waals surface area contributed by atoms with Crippen LogP contribution in [0.3, 0.4) is 0 Å². The molecule has 1 amide bonds. The Balaban J connectivity index is 0.00000192. The first-order valence-corrected chi connectivity index (χ1v) is 8.06. The van der Waals surface area contributed by atoms with E-state index < -0.39 is 0 Å². The Morgan fingerprint density at radius 1 is 1.48 bits per heavy atom. The zero-order valence-corrected chi connectivity index (χ0v) is 14.8. The lowest BCUT2D eigenvalue weighted by Crippen LogP contribution is -2.26. The summed E-state index contributed by atoms with van der Waals surface area (Å²) in [6, 6.07) is 6.08. The number of thioether (sulfide) groups is 1. The van der Waals surface area contributed by atoms with Crippen LogP contribution >= 0.6 is 24.2 Å². The second-order valence-corrected chi connectivity index (χ2v) is 6.75. The van der Waals surface area contributed by atoms with Crippen LogP contribution in [-0.2, 0) is 11.2 Å². The van der Waals surface area contributed by atoms with Crippen LogP contribution in [0.15, 0.2) is 27.6 Å². The topological polar surface area (TPSA) is 80.0 Å². The number of hydrogen-bond donors (Lipinski definition) is 2. The number of carbonyl (C=O) groups excluding carboxylic acids is 1. The van der Waals surface area contributed by atoms with Crippen molar-refractivity contribution >= 4 is 35.8 Å². The Morgan fingerprint density at radius 2 is 2.26 bits per heavy atom. The number of nitrogens with zero attached hydrogens (tertiary/aromatic N) is 2.